The molecule has 0 unspecified atom stereocenters. The van der Waals surface area contributed by atoms with Crippen molar-refractivity contribution < 1.29 is 14.2 Å². The lowest BCUT2D eigenvalue weighted by Gasteiger charge is -2.31. The van der Waals surface area contributed by atoms with Crippen LogP contribution in [-0.2, 0) is 10.0 Å². The first-order valence-corrected chi connectivity index (χ1v) is 10.2. The molecular formula is C17H26N5O2S+. The van der Waals surface area contributed by atoms with E-state index in [0.29, 0.717) is 19.0 Å². The van der Waals surface area contributed by atoms with E-state index in [9.17, 15) is 8.42 Å². The summed E-state index contributed by atoms with van der Waals surface area (Å²) in [6.45, 7) is 3.04. The summed E-state index contributed by atoms with van der Waals surface area (Å²) < 4.78 is 27.9. The zero-order valence-corrected chi connectivity index (χ0v) is 15.4. The van der Waals surface area contributed by atoms with Gasteiger partial charge in [-0.1, -0.05) is 19.3 Å². The van der Waals surface area contributed by atoms with Crippen molar-refractivity contribution in [3.63, 3.8) is 0 Å². The van der Waals surface area contributed by atoms with Gasteiger partial charge in [-0.05, 0) is 31.9 Å². The number of hydrogen-bond donors (Lipinski definition) is 2. The molecule has 1 aliphatic carbocycles. The molecule has 136 valence electrons. The van der Waals surface area contributed by atoms with E-state index in [1.165, 1.54) is 19.3 Å². The lowest BCUT2D eigenvalue weighted by molar-refractivity contribution is -0.254. The molecule has 8 heteroatoms. The lowest BCUT2D eigenvalue weighted by Crippen LogP contribution is -2.43. The summed E-state index contributed by atoms with van der Waals surface area (Å²) >= 11 is 0. The third-order valence-electron chi connectivity index (χ3n) is 4.80. The number of nitrogens with one attached hydrogen (secondary N) is 1. The van der Waals surface area contributed by atoms with E-state index < -0.39 is 10.0 Å². The largest absolute Gasteiger partial charge is 0.325 e. The molecule has 0 aromatic heterocycles. The fourth-order valence-electron chi connectivity index (χ4n) is 3.41. The molecule has 7 nitrogen and oxygen atoms in total. The van der Waals surface area contributed by atoms with Crippen LogP contribution in [0.2, 0.25) is 0 Å². The van der Waals surface area contributed by atoms with Gasteiger partial charge in [-0.25, -0.2) is 18.1 Å². The van der Waals surface area contributed by atoms with Gasteiger partial charge in [-0.15, -0.1) is 0 Å². The van der Waals surface area contributed by atoms with E-state index in [1.54, 1.807) is 29.3 Å². The lowest BCUT2D eigenvalue weighted by atomic mass is 9.75. The zero-order chi connectivity index (χ0) is 17.9. The topological polar surface area (TPSA) is 102 Å². The number of aliphatic imine (C=N–C) groups is 1. The number of nitrogens with zero attached hydrogens (tertiary/aromatic N) is 3. The third-order valence-corrected chi connectivity index (χ3v) is 6.14. The van der Waals surface area contributed by atoms with Crippen LogP contribution in [0.5, 0.6) is 0 Å². The molecule has 1 spiro atoms. The van der Waals surface area contributed by atoms with Gasteiger partial charge in [0.15, 0.2) is 0 Å². The van der Waals surface area contributed by atoms with Crippen molar-refractivity contribution in [2.75, 3.05) is 13.1 Å². The Labute approximate surface area is 149 Å². The van der Waals surface area contributed by atoms with Crippen molar-refractivity contribution in [1.29, 1.82) is 0 Å². The van der Waals surface area contributed by atoms with Crippen LogP contribution in [0.25, 0.3) is 0 Å². The monoisotopic (exact) mass is 364 g/mol. The molecule has 4 N–H and O–H groups in total. The molecule has 0 saturated heterocycles. The molecule has 25 heavy (non-hydrogen) atoms. The van der Waals surface area contributed by atoms with Gasteiger partial charge in [0.25, 0.3) is 10.0 Å². The normalized spacial score (nSPS) is 20.2. The SMILES string of the molecule is CCN=C(NS(=O)(=O)c1ccc([NH3+])cc1)N1CC2(C=N1)CCCCC2. The maximum atomic E-state index is 12.7. The Morgan fingerprint density at radius 2 is 1.96 bits per heavy atom. The summed E-state index contributed by atoms with van der Waals surface area (Å²) in [6.07, 6.45) is 7.85. The van der Waals surface area contributed by atoms with Crippen LogP contribution in [0, 0.1) is 5.41 Å². The van der Waals surface area contributed by atoms with Gasteiger partial charge in [0.2, 0.25) is 5.96 Å². The summed E-state index contributed by atoms with van der Waals surface area (Å²) in [4.78, 5) is 4.53. The highest BCUT2D eigenvalue weighted by Crippen LogP contribution is 2.38. The second-order valence-corrected chi connectivity index (χ2v) is 8.46. The number of quaternary nitrogens is 1. The molecule has 0 amide bonds. The Hall–Kier alpha value is -1.93. The van der Waals surface area contributed by atoms with E-state index in [1.807, 2.05) is 13.1 Å². The van der Waals surface area contributed by atoms with E-state index in [-0.39, 0.29) is 10.3 Å². The number of hydrazone groups is 1. The second kappa shape index (κ2) is 7.13. The highest BCUT2D eigenvalue weighted by molar-refractivity contribution is 7.90. The second-order valence-electron chi connectivity index (χ2n) is 6.77. The van der Waals surface area contributed by atoms with E-state index >= 15 is 0 Å². The van der Waals surface area contributed by atoms with E-state index in [4.69, 9.17) is 0 Å². The Kier molecular flexibility index (Phi) is 5.10. The first-order valence-electron chi connectivity index (χ1n) is 8.76. The van der Waals surface area contributed by atoms with Gasteiger partial charge in [-0.3, -0.25) is 4.99 Å². The van der Waals surface area contributed by atoms with Crippen molar-refractivity contribution in [2.45, 2.75) is 43.9 Å². The van der Waals surface area contributed by atoms with Crippen molar-refractivity contribution in [3.8, 4) is 0 Å². The predicted molar refractivity (Wildman–Crippen MR) is 98.0 cm³/mol. The maximum absolute atomic E-state index is 12.7. The minimum absolute atomic E-state index is 0.0632. The average molecular weight is 364 g/mol. The first kappa shape index (κ1) is 17.9. The van der Waals surface area contributed by atoms with Gasteiger partial charge in [0, 0.05) is 30.3 Å². The molecule has 2 aliphatic rings. The van der Waals surface area contributed by atoms with Gasteiger partial charge < -0.3 is 5.73 Å². The molecule has 0 bridgehead atoms. The van der Waals surface area contributed by atoms with Gasteiger partial charge in [0.05, 0.1) is 11.4 Å². The molecule has 1 saturated carbocycles. The van der Waals surface area contributed by atoms with Crippen LogP contribution in [0.3, 0.4) is 0 Å². The van der Waals surface area contributed by atoms with Crippen LogP contribution in [-0.4, -0.2) is 38.7 Å². The number of hydrogen-bond acceptors (Lipinski definition) is 4. The standard InChI is InChI=1S/C17H25N5O2S/c1-2-19-16(21-25(23,24)15-8-6-14(18)7-9-15)22-13-17(12-20-22)10-4-3-5-11-17/h6-9,12H,2-5,10-11,13,18H2,1H3,(H,19,21)/p+1. The van der Waals surface area contributed by atoms with Gasteiger partial charge in [0.1, 0.15) is 5.69 Å². The van der Waals surface area contributed by atoms with Crippen LogP contribution >= 0.6 is 0 Å². The fraction of sp³-hybridized carbons (Fsp3) is 0.529. The molecule has 1 aromatic rings. The molecule has 1 aromatic carbocycles. The highest BCUT2D eigenvalue weighted by Gasteiger charge is 2.38. The van der Waals surface area contributed by atoms with E-state index in [2.05, 4.69) is 20.5 Å². The summed E-state index contributed by atoms with van der Waals surface area (Å²) in [5.41, 5.74) is 4.61. The van der Waals surface area contributed by atoms with Crippen LogP contribution < -0.4 is 10.5 Å². The van der Waals surface area contributed by atoms with Gasteiger partial charge in [-0.2, -0.15) is 5.10 Å². The number of rotatable bonds is 3. The molecule has 0 radical (unpaired) electrons. The molecule has 0 atom stereocenters. The molecular weight excluding hydrogens is 338 g/mol. The predicted octanol–water partition coefficient (Wildman–Crippen LogP) is 1.47. The van der Waals surface area contributed by atoms with E-state index in [0.717, 1.165) is 18.5 Å². The van der Waals surface area contributed by atoms with Crippen molar-refractivity contribution in [1.82, 2.24) is 9.73 Å². The Morgan fingerprint density at radius 3 is 2.60 bits per heavy atom. The smallest absolute Gasteiger partial charge is 0.264 e. The van der Waals surface area contributed by atoms with Gasteiger partial charge >= 0.3 is 0 Å². The zero-order valence-electron chi connectivity index (χ0n) is 14.6. The summed E-state index contributed by atoms with van der Waals surface area (Å²) in [5, 5.41) is 6.16. The third kappa shape index (κ3) is 4.01. The number of guanidine groups is 1. The molecule has 1 heterocycles. The Bertz CT molecular complexity index is 765. The maximum Gasteiger partial charge on any atom is 0.264 e. The Balaban J connectivity index is 1.77. The van der Waals surface area contributed by atoms with Crippen molar-refractivity contribution >= 4 is 27.9 Å². The molecule has 1 fully saturated rings. The highest BCUT2D eigenvalue weighted by atomic mass is 32.2. The quantitative estimate of drug-likeness (QED) is 0.627. The number of sulfonamides is 1. The first-order chi connectivity index (χ1) is 11.9. The summed E-state index contributed by atoms with van der Waals surface area (Å²) in [7, 11) is -3.70. The van der Waals surface area contributed by atoms with Crippen molar-refractivity contribution in [2.24, 2.45) is 15.5 Å². The average Bonchev–Trinajstić information content (AvgIpc) is 2.99. The van der Waals surface area contributed by atoms with Crippen molar-refractivity contribution in [3.05, 3.63) is 24.3 Å². The number of benzene rings is 1. The minimum atomic E-state index is -3.70. The molecule has 1 aliphatic heterocycles. The van der Waals surface area contributed by atoms with Crippen LogP contribution in [0.15, 0.2) is 39.3 Å². The summed E-state index contributed by atoms with van der Waals surface area (Å²) in [6, 6.07) is 6.45. The van der Waals surface area contributed by atoms with Crippen LogP contribution in [0.1, 0.15) is 39.0 Å². The summed E-state index contributed by atoms with van der Waals surface area (Å²) in [5.74, 6) is 0.292. The van der Waals surface area contributed by atoms with Crippen LogP contribution in [0.4, 0.5) is 5.69 Å². The minimum Gasteiger partial charge on any atom is -0.325 e. The fourth-order valence-corrected chi connectivity index (χ4v) is 4.43. The Morgan fingerprint density at radius 1 is 1.28 bits per heavy atom. The molecule has 3 rings (SSSR count).